The molecule has 5 rings (SSSR count). The Hall–Kier alpha value is -3.01. The minimum absolute atomic E-state index is 0.0802. The van der Waals surface area contributed by atoms with E-state index in [0.717, 1.165) is 30.6 Å². The lowest BCUT2D eigenvalue weighted by Crippen LogP contribution is -2.27. The Balaban J connectivity index is 1.48. The molecule has 1 unspecified atom stereocenters. The van der Waals surface area contributed by atoms with Crippen LogP contribution in [0.25, 0.3) is 11.7 Å². The number of rotatable bonds is 6. The van der Waals surface area contributed by atoms with Crippen molar-refractivity contribution in [1.29, 1.82) is 0 Å². The number of fused-ring (bicyclic) bond motifs is 1. The number of benzene rings is 1. The zero-order chi connectivity index (χ0) is 23.7. The van der Waals surface area contributed by atoms with Gasteiger partial charge in [-0.25, -0.2) is 4.98 Å². The zero-order valence-electron chi connectivity index (χ0n) is 18.7. The Bertz CT molecular complexity index is 1340. The molecule has 7 nitrogen and oxygen atoms in total. The van der Waals surface area contributed by atoms with Gasteiger partial charge in [0.25, 0.3) is 11.5 Å². The number of carbonyl (C=O) groups excluding carboxylic acids is 1. The Morgan fingerprint density at radius 2 is 2.06 bits per heavy atom. The van der Waals surface area contributed by atoms with E-state index in [0.29, 0.717) is 39.3 Å². The van der Waals surface area contributed by atoms with Crippen LogP contribution in [0.1, 0.15) is 29.5 Å². The van der Waals surface area contributed by atoms with Crippen LogP contribution < -0.4 is 10.9 Å². The van der Waals surface area contributed by atoms with Crippen molar-refractivity contribution in [1.82, 2.24) is 14.3 Å². The second-order valence-electron chi connectivity index (χ2n) is 8.38. The minimum Gasteiger partial charge on any atom is -0.376 e. The molecule has 2 saturated heterocycles. The quantitative estimate of drug-likeness (QED) is 0.412. The van der Waals surface area contributed by atoms with Crippen LogP contribution >= 0.6 is 24.0 Å². The fraction of sp³-hybridized carbons (Fsp3) is 0.280. The van der Waals surface area contributed by atoms with Crippen LogP contribution in [0.3, 0.4) is 0 Å². The fourth-order valence-corrected chi connectivity index (χ4v) is 5.26. The predicted molar refractivity (Wildman–Crippen MR) is 139 cm³/mol. The van der Waals surface area contributed by atoms with Crippen molar-refractivity contribution < 1.29 is 9.53 Å². The summed E-state index contributed by atoms with van der Waals surface area (Å²) in [6, 6.07) is 13.4. The van der Waals surface area contributed by atoms with Crippen molar-refractivity contribution >= 4 is 51.7 Å². The third kappa shape index (κ3) is 4.64. The Morgan fingerprint density at radius 1 is 1.24 bits per heavy atom. The van der Waals surface area contributed by atoms with Crippen molar-refractivity contribution in [2.24, 2.45) is 0 Å². The highest BCUT2D eigenvalue weighted by atomic mass is 32.2. The summed E-state index contributed by atoms with van der Waals surface area (Å²) in [6.07, 6.45) is 5.36. The van der Waals surface area contributed by atoms with Crippen molar-refractivity contribution in [2.45, 2.75) is 32.4 Å². The number of anilines is 1. The lowest BCUT2D eigenvalue weighted by atomic mass is 10.1. The van der Waals surface area contributed by atoms with Crippen LogP contribution in [0.15, 0.2) is 58.4 Å². The van der Waals surface area contributed by atoms with E-state index in [1.165, 1.54) is 16.2 Å². The summed E-state index contributed by atoms with van der Waals surface area (Å²) in [7, 11) is 0. The molecular formula is C25H24N4O3S2. The van der Waals surface area contributed by atoms with Gasteiger partial charge in [-0.15, -0.1) is 0 Å². The van der Waals surface area contributed by atoms with Gasteiger partial charge in [0.15, 0.2) is 0 Å². The number of aryl methyl sites for hydroxylation is 1. The second-order valence-corrected chi connectivity index (χ2v) is 10.1. The fourth-order valence-electron chi connectivity index (χ4n) is 4.03. The molecule has 2 aromatic heterocycles. The number of hydrogen-bond donors (Lipinski definition) is 1. The third-order valence-electron chi connectivity index (χ3n) is 5.90. The summed E-state index contributed by atoms with van der Waals surface area (Å²) in [4.78, 5) is 33.2. The Labute approximate surface area is 206 Å². The molecule has 0 aliphatic carbocycles. The summed E-state index contributed by atoms with van der Waals surface area (Å²) in [5.41, 5.74) is 2.77. The molecule has 9 heteroatoms. The molecule has 0 saturated carbocycles. The number of nitrogens with zero attached hydrogens (tertiary/aromatic N) is 3. The first kappa shape index (κ1) is 22.8. The van der Waals surface area contributed by atoms with Gasteiger partial charge in [-0.1, -0.05) is 59.9 Å². The highest BCUT2D eigenvalue weighted by Crippen LogP contribution is 2.34. The molecule has 2 fully saturated rings. The zero-order valence-corrected chi connectivity index (χ0v) is 20.3. The second kappa shape index (κ2) is 9.69. The molecule has 1 amide bonds. The number of pyridine rings is 1. The van der Waals surface area contributed by atoms with Crippen LogP contribution in [0, 0.1) is 6.92 Å². The van der Waals surface area contributed by atoms with Gasteiger partial charge in [0.05, 0.1) is 23.1 Å². The number of amides is 1. The summed E-state index contributed by atoms with van der Waals surface area (Å²) < 4.78 is 7.66. The molecule has 34 heavy (non-hydrogen) atoms. The van der Waals surface area contributed by atoms with Gasteiger partial charge in [0, 0.05) is 19.3 Å². The van der Waals surface area contributed by atoms with E-state index in [1.54, 1.807) is 29.3 Å². The molecule has 1 aromatic carbocycles. The van der Waals surface area contributed by atoms with Gasteiger partial charge >= 0.3 is 0 Å². The van der Waals surface area contributed by atoms with Crippen molar-refractivity contribution in [3.05, 3.63) is 80.6 Å². The molecule has 2 aliphatic rings. The summed E-state index contributed by atoms with van der Waals surface area (Å²) >= 11 is 6.70. The maximum atomic E-state index is 13.4. The summed E-state index contributed by atoms with van der Waals surface area (Å²) in [6.45, 7) is 3.70. The van der Waals surface area contributed by atoms with Crippen LogP contribution in [-0.4, -0.2) is 43.8 Å². The normalized spacial score (nSPS) is 19.5. The molecule has 1 atom stereocenters. The predicted octanol–water partition coefficient (Wildman–Crippen LogP) is 4.00. The van der Waals surface area contributed by atoms with Gasteiger partial charge in [-0.05, 0) is 43.5 Å². The average Bonchev–Trinajstić information content (AvgIpc) is 3.45. The summed E-state index contributed by atoms with van der Waals surface area (Å²) in [5.74, 6) is 0.230. The minimum atomic E-state index is -0.246. The number of ether oxygens (including phenoxy) is 1. The average molecular weight is 493 g/mol. The van der Waals surface area contributed by atoms with E-state index >= 15 is 0 Å². The number of hydrogen-bond acceptors (Lipinski definition) is 7. The number of nitrogens with one attached hydrogen (secondary N) is 1. The topological polar surface area (TPSA) is 75.9 Å². The maximum absolute atomic E-state index is 13.4. The van der Waals surface area contributed by atoms with E-state index in [2.05, 4.69) is 10.3 Å². The summed E-state index contributed by atoms with van der Waals surface area (Å²) in [5, 5.41) is 3.28. The molecule has 3 aromatic rings. The first-order chi connectivity index (χ1) is 16.5. The van der Waals surface area contributed by atoms with Gasteiger partial charge in [-0.2, -0.15) is 0 Å². The van der Waals surface area contributed by atoms with Crippen molar-refractivity contribution in [3.8, 4) is 0 Å². The Morgan fingerprint density at radius 3 is 2.82 bits per heavy atom. The Kier molecular flexibility index (Phi) is 6.49. The van der Waals surface area contributed by atoms with Gasteiger partial charge in [0.1, 0.15) is 15.8 Å². The molecule has 0 radical (unpaired) electrons. The van der Waals surface area contributed by atoms with Gasteiger partial charge < -0.3 is 10.1 Å². The van der Waals surface area contributed by atoms with Crippen molar-refractivity contribution in [3.63, 3.8) is 0 Å². The maximum Gasteiger partial charge on any atom is 0.267 e. The molecule has 0 bridgehead atoms. The molecule has 174 valence electrons. The standard InChI is InChI=1S/C25H24N4O3S2/c1-16-7-9-17(10-8-16)15-29-24(31)20(34-25(29)33)13-19-22(26-14-18-5-4-12-32-18)27-21-6-2-3-11-28(21)23(19)30/h2-3,6-11,13,18,26H,4-5,12,14-15H2,1H3/b20-13-. The van der Waals surface area contributed by atoms with E-state index in [-0.39, 0.29) is 17.6 Å². The number of carbonyl (C=O) groups is 1. The monoisotopic (exact) mass is 492 g/mol. The first-order valence-electron chi connectivity index (χ1n) is 11.2. The van der Waals surface area contributed by atoms with Crippen LogP contribution in [-0.2, 0) is 16.1 Å². The van der Waals surface area contributed by atoms with Crippen LogP contribution in [0.4, 0.5) is 5.82 Å². The molecule has 2 aliphatic heterocycles. The van der Waals surface area contributed by atoms with Gasteiger partial charge in [0.2, 0.25) is 0 Å². The molecule has 1 N–H and O–H groups in total. The van der Waals surface area contributed by atoms with Crippen LogP contribution in [0.5, 0.6) is 0 Å². The number of thioether (sulfide) groups is 1. The SMILES string of the molecule is Cc1ccc(CN2C(=O)/C(=C/c3c(NCC4CCCO4)nc4ccccn4c3=O)SC2=S)cc1. The van der Waals surface area contributed by atoms with Crippen molar-refractivity contribution in [2.75, 3.05) is 18.5 Å². The lowest BCUT2D eigenvalue weighted by molar-refractivity contribution is -0.122. The molecule has 0 spiro atoms. The number of thiocarbonyl (C=S) groups is 1. The number of aromatic nitrogens is 2. The highest BCUT2D eigenvalue weighted by molar-refractivity contribution is 8.26. The van der Waals surface area contributed by atoms with Crippen LogP contribution in [0.2, 0.25) is 0 Å². The molecule has 4 heterocycles. The molecular weight excluding hydrogens is 468 g/mol. The van der Waals surface area contributed by atoms with E-state index in [1.807, 2.05) is 37.3 Å². The smallest absolute Gasteiger partial charge is 0.267 e. The third-order valence-corrected chi connectivity index (χ3v) is 7.28. The van der Waals surface area contributed by atoms with E-state index in [9.17, 15) is 9.59 Å². The first-order valence-corrected chi connectivity index (χ1v) is 12.4. The van der Waals surface area contributed by atoms with E-state index < -0.39 is 0 Å². The highest BCUT2D eigenvalue weighted by Gasteiger charge is 2.32. The largest absolute Gasteiger partial charge is 0.376 e. The van der Waals surface area contributed by atoms with Gasteiger partial charge in [-0.3, -0.25) is 18.9 Å². The van der Waals surface area contributed by atoms with E-state index in [4.69, 9.17) is 17.0 Å². The lowest BCUT2D eigenvalue weighted by Gasteiger charge is -2.15.